The molecule has 4 rings (SSSR count). The number of anilines is 1. The maximum atomic E-state index is 13.1. The number of hydrogen-bond acceptors (Lipinski definition) is 3. The number of fused-ring (bicyclic) bond motifs is 1. The number of nitrogens with zero attached hydrogens (tertiary/aromatic N) is 2. The number of rotatable bonds is 3. The van der Waals surface area contributed by atoms with E-state index < -0.39 is 15.8 Å². The third-order valence-electron chi connectivity index (χ3n) is 4.54. The van der Waals surface area contributed by atoms with Crippen molar-refractivity contribution < 1.29 is 17.2 Å². The van der Waals surface area contributed by atoms with E-state index >= 15 is 0 Å². The molecule has 0 spiro atoms. The third-order valence-corrected chi connectivity index (χ3v) is 6.36. The zero-order valence-electron chi connectivity index (χ0n) is 14.3. The average Bonchev–Trinajstić information content (AvgIpc) is 2.68. The summed E-state index contributed by atoms with van der Waals surface area (Å²) in [4.78, 5) is 4.64. The van der Waals surface area contributed by atoms with Crippen molar-refractivity contribution in [2.24, 2.45) is 0 Å². The smallest absolute Gasteiger partial charge is 0.264 e. The summed E-state index contributed by atoms with van der Waals surface area (Å²) in [5, 5.41) is 0. The summed E-state index contributed by atoms with van der Waals surface area (Å²) >= 11 is 0. The molecule has 138 valence electrons. The van der Waals surface area contributed by atoms with Crippen LogP contribution in [0.1, 0.15) is 12.1 Å². The molecule has 1 aromatic heterocycles. The normalized spacial score (nSPS) is 14.1. The van der Waals surface area contributed by atoms with Crippen molar-refractivity contribution in [3.8, 4) is 11.3 Å². The molecule has 0 fully saturated rings. The first kappa shape index (κ1) is 17.6. The number of benzene rings is 2. The lowest BCUT2D eigenvalue weighted by atomic mass is 10.1. The predicted molar refractivity (Wildman–Crippen MR) is 98.9 cm³/mol. The van der Waals surface area contributed by atoms with Crippen molar-refractivity contribution in [2.75, 3.05) is 10.8 Å². The highest BCUT2D eigenvalue weighted by atomic mass is 32.2. The Balaban J connectivity index is 1.73. The van der Waals surface area contributed by atoms with Crippen LogP contribution in [0.25, 0.3) is 11.3 Å². The fourth-order valence-corrected chi connectivity index (χ4v) is 4.71. The Kier molecular flexibility index (Phi) is 4.39. The molecule has 4 nitrogen and oxygen atoms in total. The molecule has 0 amide bonds. The first-order valence-electron chi connectivity index (χ1n) is 8.49. The number of aryl methyl sites for hydroxylation is 1. The maximum Gasteiger partial charge on any atom is 0.264 e. The summed E-state index contributed by atoms with van der Waals surface area (Å²) in [7, 11) is -3.80. The minimum atomic E-state index is -3.80. The largest absolute Gasteiger partial charge is 0.264 e. The van der Waals surface area contributed by atoms with E-state index in [1.54, 1.807) is 24.3 Å². The van der Waals surface area contributed by atoms with Crippen LogP contribution in [0.15, 0.2) is 65.6 Å². The number of pyridine rings is 1. The van der Waals surface area contributed by atoms with Crippen LogP contribution >= 0.6 is 0 Å². The topological polar surface area (TPSA) is 50.3 Å². The van der Waals surface area contributed by atoms with E-state index in [0.29, 0.717) is 36.5 Å². The SMILES string of the molecule is O=S(=O)(c1ccc(F)cc1)N1CCCc2nc(-c3ccc(F)cc3)ccc21. The second kappa shape index (κ2) is 6.74. The molecular weight excluding hydrogens is 370 g/mol. The number of hydrogen-bond donors (Lipinski definition) is 0. The van der Waals surface area contributed by atoms with Crippen LogP contribution < -0.4 is 4.31 Å². The number of halogens is 2. The number of aromatic nitrogens is 1. The van der Waals surface area contributed by atoms with Crippen LogP contribution in [0.4, 0.5) is 14.5 Å². The van der Waals surface area contributed by atoms with Gasteiger partial charge in [-0.3, -0.25) is 9.29 Å². The van der Waals surface area contributed by atoms with Gasteiger partial charge in [-0.25, -0.2) is 17.2 Å². The Morgan fingerprint density at radius 1 is 0.852 bits per heavy atom. The van der Waals surface area contributed by atoms with Crippen LogP contribution in [-0.2, 0) is 16.4 Å². The summed E-state index contributed by atoms with van der Waals surface area (Å²) in [5.41, 5.74) is 2.62. The molecule has 0 saturated heterocycles. The molecule has 1 aliphatic rings. The van der Waals surface area contributed by atoms with Gasteiger partial charge in [-0.05, 0) is 73.5 Å². The Morgan fingerprint density at radius 2 is 1.48 bits per heavy atom. The van der Waals surface area contributed by atoms with Crippen molar-refractivity contribution in [3.63, 3.8) is 0 Å². The minimum Gasteiger partial charge on any atom is -0.264 e. The highest BCUT2D eigenvalue weighted by Crippen LogP contribution is 2.33. The van der Waals surface area contributed by atoms with Gasteiger partial charge in [0.15, 0.2) is 0 Å². The van der Waals surface area contributed by atoms with E-state index in [2.05, 4.69) is 4.98 Å². The molecule has 0 bridgehead atoms. The zero-order valence-corrected chi connectivity index (χ0v) is 15.1. The summed E-state index contributed by atoms with van der Waals surface area (Å²) < 4.78 is 53.6. The highest BCUT2D eigenvalue weighted by molar-refractivity contribution is 7.92. The van der Waals surface area contributed by atoms with Gasteiger partial charge in [0.1, 0.15) is 11.6 Å². The average molecular weight is 386 g/mol. The summed E-state index contributed by atoms with van der Waals surface area (Å²) in [5.74, 6) is -0.813. The van der Waals surface area contributed by atoms with Crippen molar-refractivity contribution in [2.45, 2.75) is 17.7 Å². The lowest BCUT2D eigenvalue weighted by Gasteiger charge is -2.30. The van der Waals surface area contributed by atoms with Gasteiger partial charge >= 0.3 is 0 Å². The van der Waals surface area contributed by atoms with E-state index in [1.165, 1.54) is 28.6 Å². The highest BCUT2D eigenvalue weighted by Gasteiger charge is 2.30. The van der Waals surface area contributed by atoms with Crippen molar-refractivity contribution in [3.05, 3.63) is 78.0 Å². The molecule has 27 heavy (non-hydrogen) atoms. The lowest BCUT2D eigenvalue weighted by Crippen LogP contribution is -2.35. The van der Waals surface area contributed by atoms with E-state index in [1.807, 2.05) is 0 Å². The lowest BCUT2D eigenvalue weighted by molar-refractivity contribution is 0.584. The molecular formula is C20H16F2N2O2S. The quantitative estimate of drug-likeness (QED) is 0.679. The van der Waals surface area contributed by atoms with Crippen molar-refractivity contribution >= 4 is 15.7 Å². The van der Waals surface area contributed by atoms with E-state index in [-0.39, 0.29) is 10.7 Å². The van der Waals surface area contributed by atoms with Gasteiger partial charge in [0, 0.05) is 12.1 Å². The fraction of sp³-hybridized carbons (Fsp3) is 0.150. The van der Waals surface area contributed by atoms with Gasteiger partial charge in [-0.2, -0.15) is 0 Å². The van der Waals surface area contributed by atoms with Crippen LogP contribution in [0, 0.1) is 11.6 Å². The van der Waals surface area contributed by atoms with Crippen LogP contribution in [-0.4, -0.2) is 19.9 Å². The second-order valence-corrected chi connectivity index (χ2v) is 8.17. The molecule has 1 aliphatic heterocycles. The number of sulfonamides is 1. The van der Waals surface area contributed by atoms with E-state index in [0.717, 1.165) is 17.7 Å². The molecule has 0 saturated carbocycles. The maximum absolute atomic E-state index is 13.1. The zero-order chi connectivity index (χ0) is 19.0. The molecule has 2 heterocycles. The molecule has 0 atom stereocenters. The Morgan fingerprint density at radius 3 is 2.15 bits per heavy atom. The second-order valence-electron chi connectivity index (χ2n) is 6.30. The van der Waals surface area contributed by atoms with Gasteiger partial charge in [0.25, 0.3) is 10.0 Å². The van der Waals surface area contributed by atoms with Crippen LogP contribution in [0.5, 0.6) is 0 Å². The van der Waals surface area contributed by atoms with Gasteiger partial charge in [0.2, 0.25) is 0 Å². The minimum absolute atomic E-state index is 0.0411. The van der Waals surface area contributed by atoms with Crippen molar-refractivity contribution in [1.29, 1.82) is 0 Å². The molecule has 0 radical (unpaired) electrons. The Labute approximate surface area is 156 Å². The molecule has 3 aromatic rings. The van der Waals surface area contributed by atoms with E-state index in [4.69, 9.17) is 0 Å². The fourth-order valence-electron chi connectivity index (χ4n) is 3.18. The van der Waals surface area contributed by atoms with E-state index in [9.17, 15) is 17.2 Å². The van der Waals surface area contributed by atoms with Gasteiger partial charge in [0.05, 0.1) is 22.0 Å². The third kappa shape index (κ3) is 3.30. The summed E-state index contributed by atoms with van der Waals surface area (Å²) in [6.45, 7) is 0.338. The first-order chi connectivity index (χ1) is 12.9. The van der Waals surface area contributed by atoms with Crippen LogP contribution in [0.3, 0.4) is 0 Å². The molecule has 0 N–H and O–H groups in total. The van der Waals surface area contributed by atoms with Gasteiger partial charge in [-0.1, -0.05) is 0 Å². The molecule has 2 aromatic carbocycles. The standard InChI is InChI=1S/C20H16F2N2O2S/c21-15-5-3-14(4-6-15)18-11-12-20-19(23-18)2-1-13-24(20)27(25,26)17-9-7-16(22)8-10-17/h3-12H,1-2,13H2. The summed E-state index contributed by atoms with van der Waals surface area (Å²) in [6, 6.07) is 14.2. The van der Waals surface area contributed by atoms with Crippen LogP contribution in [0.2, 0.25) is 0 Å². The monoisotopic (exact) mass is 386 g/mol. The first-order valence-corrected chi connectivity index (χ1v) is 9.93. The van der Waals surface area contributed by atoms with Gasteiger partial charge < -0.3 is 0 Å². The molecule has 0 aliphatic carbocycles. The predicted octanol–water partition coefficient (Wildman–Crippen LogP) is 4.17. The van der Waals surface area contributed by atoms with Crippen molar-refractivity contribution in [1.82, 2.24) is 4.98 Å². The summed E-state index contributed by atoms with van der Waals surface area (Å²) in [6.07, 6.45) is 1.28. The Bertz CT molecular complexity index is 1080. The molecule has 0 unspecified atom stereocenters. The molecule has 7 heteroatoms. The van der Waals surface area contributed by atoms with Gasteiger partial charge in [-0.15, -0.1) is 0 Å². The Hall–Kier alpha value is -2.80.